The molecular formula is C28H36ClN3O3. The second-order valence-electron chi connectivity index (χ2n) is 9.52. The largest absolute Gasteiger partial charge is 0.484 e. The van der Waals surface area contributed by atoms with Crippen LogP contribution in [0.2, 0.25) is 5.02 Å². The molecule has 1 aliphatic heterocycles. The summed E-state index contributed by atoms with van der Waals surface area (Å²) in [7, 11) is 0. The highest BCUT2D eigenvalue weighted by molar-refractivity contribution is 6.33. The number of carbonyl (C=O) groups is 2. The molecule has 1 saturated heterocycles. The Hall–Kier alpha value is -2.73. The monoisotopic (exact) mass is 497 g/mol. The second-order valence-corrected chi connectivity index (χ2v) is 9.93. The SMILES string of the molecule is CCCC(=O)N1CCN(c2ccc(NC(=O)COc3ccc(C4CCCCC4)cc3)cc2Cl)CC1. The summed E-state index contributed by atoms with van der Waals surface area (Å²) in [6, 6.07) is 13.7. The fourth-order valence-electron chi connectivity index (χ4n) is 5.03. The Morgan fingerprint density at radius 3 is 2.37 bits per heavy atom. The van der Waals surface area contributed by atoms with Crippen molar-refractivity contribution in [2.75, 3.05) is 43.0 Å². The lowest BCUT2D eigenvalue weighted by atomic mass is 9.84. The average Bonchev–Trinajstić information content (AvgIpc) is 2.89. The molecular weight excluding hydrogens is 462 g/mol. The minimum Gasteiger partial charge on any atom is -0.484 e. The van der Waals surface area contributed by atoms with Gasteiger partial charge in [0, 0.05) is 38.3 Å². The first-order chi connectivity index (χ1) is 17.0. The highest BCUT2D eigenvalue weighted by Crippen LogP contribution is 2.33. The van der Waals surface area contributed by atoms with E-state index in [9.17, 15) is 9.59 Å². The summed E-state index contributed by atoms with van der Waals surface area (Å²) < 4.78 is 5.69. The second kappa shape index (κ2) is 12.3. The van der Waals surface area contributed by atoms with Crippen LogP contribution in [-0.2, 0) is 9.59 Å². The fourth-order valence-corrected chi connectivity index (χ4v) is 5.33. The van der Waals surface area contributed by atoms with Gasteiger partial charge in [-0.05, 0) is 61.1 Å². The van der Waals surface area contributed by atoms with Gasteiger partial charge in [0.05, 0.1) is 10.7 Å². The summed E-state index contributed by atoms with van der Waals surface area (Å²) >= 11 is 6.54. The summed E-state index contributed by atoms with van der Waals surface area (Å²) in [6.07, 6.45) is 7.96. The number of nitrogens with one attached hydrogen (secondary N) is 1. The highest BCUT2D eigenvalue weighted by Gasteiger charge is 2.22. The van der Waals surface area contributed by atoms with Crippen LogP contribution in [0.3, 0.4) is 0 Å². The van der Waals surface area contributed by atoms with Crippen LogP contribution >= 0.6 is 11.6 Å². The topological polar surface area (TPSA) is 61.9 Å². The van der Waals surface area contributed by atoms with Gasteiger partial charge in [-0.3, -0.25) is 9.59 Å². The van der Waals surface area contributed by atoms with Gasteiger partial charge in [0.15, 0.2) is 6.61 Å². The highest BCUT2D eigenvalue weighted by atomic mass is 35.5. The molecule has 7 heteroatoms. The van der Waals surface area contributed by atoms with Crippen LogP contribution in [0.25, 0.3) is 0 Å². The maximum Gasteiger partial charge on any atom is 0.262 e. The zero-order valence-corrected chi connectivity index (χ0v) is 21.4. The van der Waals surface area contributed by atoms with Gasteiger partial charge in [0.25, 0.3) is 5.91 Å². The number of carbonyl (C=O) groups excluding carboxylic acids is 2. The van der Waals surface area contributed by atoms with Crippen LogP contribution < -0.4 is 15.0 Å². The lowest BCUT2D eigenvalue weighted by Gasteiger charge is -2.36. The average molecular weight is 498 g/mol. The third-order valence-corrected chi connectivity index (χ3v) is 7.30. The number of amides is 2. The number of hydrogen-bond donors (Lipinski definition) is 1. The Morgan fingerprint density at radius 2 is 1.71 bits per heavy atom. The first-order valence-electron chi connectivity index (χ1n) is 12.9. The minimum atomic E-state index is -0.228. The Morgan fingerprint density at radius 1 is 1.00 bits per heavy atom. The zero-order chi connectivity index (χ0) is 24.6. The van der Waals surface area contributed by atoms with Crippen molar-refractivity contribution in [3.8, 4) is 5.75 Å². The smallest absolute Gasteiger partial charge is 0.262 e. The van der Waals surface area contributed by atoms with Crippen molar-refractivity contribution in [1.29, 1.82) is 0 Å². The molecule has 1 saturated carbocycles. The Kier molecular flexibility index (Phi) is 8.91. The van der Waals surface area contributed by atoms with Gasteiger partial charge in [-0.25, -0.2) is 0 Å². The van der Waals surface area contributed by atoms with E-state index in [0.29, 0.717) is 41.9 Å². The van der Waals surface area contributed by atoms with Gasteiger partial charge in [0.1, 0.15) is 5.75 Å². The summed E-state index contributed by atoms with van der Waals surface area (Å²) in [5.74, 6) is 1.35. The van der Waals surface area contributed by atoms with E-state index in [4.69, 9.17) is 16.3 Å². The number of ether oxygens (including phenoxy) is 1. The predicted molar refractivity (Wildman–Crippen MR) is 142 cm³/mol. The van der Waals surface area contributed by atoms with Gasteiger partial charge in [-0.2, -0.15) is 0 Å². The number of anilines is 2. The van der Waals surface area contributed by atoms with E-state index in [0.717, 1.165) is 25.2 Å². The van der Waals surface area contributed by atoms with Gasteiger partial charge < -0.3 is 19.9 Å². The molecule has 0 aromatic heterocycles. The summed E-state index contributed by atoms with van der Waals surface area (Å²) in [6.45, 7) is 4.85. The molecule has 0 spiro atoms. The Labute approximate surface area is 213 Å². The number of benzene rings is 2. The molecule has 0 bridgehead atoms. The summed E-state index contributed by atoms with van der Waals surface area (Å²) in [4.78, 5) is 28.6. The molecule has 188 valence electrons. The number of rotatable bonds is 8. The summed E-state index contributed by atoms with van der Waals surface area (Å²) in [5, 5.41) is 3.44. The number of hydrogen-bond acceptors (Lipinski definition) is 4. The molecule has 2 aromatic rings. The molecule has 1 heterocycles. The van der Waals surface area contributed by atoms with Crippen molar-refractivity contribution >= 4 is 34.8 Å². The maximum absolute atomic E-state index is 12.4. The van der Waals surface area contributed by atoms with E-state index in [1.165, 1.54) is 37.7 Å². The third-order valence-electron chi connectivity index (χ3n) is 6.99. The fraction of sp³-hybridized carbons (Fsp3) is 0.500. The van der Waals surface area contributed by atoms with Crippen LogP contribution in [0.1, 0.15) is 63.4 Å². The lowest BCUT2D eigenvalue weighted by Crippen LogP contribution is -2.48. The normalized spacial score (nSPS) is 16.7. The molecule has 0 atom stereocenters. The Bertz CT molecular complexity index is 997. The van der Waals surface area contributed by atoms with Crippen molar-refractivity contribution < 1.29 is 14.3 Å². The van der Waals surface area contributed by atoms with Crippen molar-refractivity contribution in [1.82, 2.24) is 4.90 Å². The van der Waals surface area contributed by atoms with Crippen molar-refractivity contribution in [3.05, 3.63) is 53.1 Å². The first kappa shape index (κ1) is 25.4. The number of piperazine rings is 1. The van der Waals surface area contributed by atoms with Gasteiger partial charge >= 0.3 is 0 Å². The van der Waals surface area contributed by atoms with Crippen molar-refractivity contribution in [3.63, 3.8) is 0 Å². The van der Waals surface area contributed by atoms with Gasteiger partial charge in [-0.1, -0.05) is 49.9 Å². The van der Waals surface area contributed by atoms with E-state index >= 15 is 0 Å². The van der Waals surface area contributed by atoms with Crippen molar-refractivity contribution in [2.24, 2.45) is 0 Å². The molecule has 2 fully saturated rings. The van der Waals surface area contributed by atoms with Gasteiger partial charge in [0.2, 0.25) is 5.91 Å². The molecule has 4 rings (SSSR count). The third kappa shape index (κ3) is 6.91. The standard InChI is InChI=1S/C28H36ClN3O3/c1-2-6-28(34)32-17-15-31(16-18-32)26-14-11-23(19-25(26)29)30-27(33)20-35-24-12-9-22(10-13-24)21-7-4-3-5-8-21/h9-14,19,21H,2-8,15-18,20H2,1H3,(H,30,33). The minimum absolute atomic E-state index is 0.0596. The lowest BCUT2D eigenvalue weighted by molar-refractivity contribution is -0.131. The molecule has 2 aliphatic rings. The van der Waals surface area contributed by atoms with E-state index in [1.54, 1.807) is 6.07 Å². The van der Waals surface area contributed by atoms with Crippen LogP contribution in [-0.4, -0.2) is 49.5 Å². The van der Waals surface area contributed by atoms with E-state index in [-0.39, 0.29) is 18.4 Å². The molecule has 6 nitrogen and oxygen atoms in total. The van der Waals surface area contributed by atoms with Gasteiger partial charge in [-0.15, -0.1) is 0 Å². The molecule has 2 aromatic carbocycles. The molecule has 0 unspecified atom stereocenters. The van der Waals surface area contributed by atoms with Crippen LogP contribution in [0, 0.1) is 0 Å². The first-order valence-corrected chi connectivity index (χ1v) is 13.3. The van der Waals surface area contributed by atoms with Crippen LogP contribution in [0.15, 0.2) is 42.5 Å². The quantitative estimate of drug-likeness (QED) is 0.496. The zero-order valence-electron chi connectivity index (χ0n) is 20.6. The number of nitrogens with zero attached hydrogens (tertiary/aromatic N) is 2. The van der Waals surface area contributed by atoms with Crippen LogP contribution in [0.5, 0.6) is 5.75 Å². The van der Waals surface area contributed by atoms with Crippen molar-refractivity contribution in [2.45, 2.75) is 57.8 Å². The molecule has 2 amide bonds. The van der Waals surface area contributed by atoms with Crippen LogP contribution in [0.4, 0.5) is 11.4 Å². The molecule has 0 radical (unpaired) electrons. The molecule has 1 aliphatic carbocycles. The maximum atomic E-state index is 12.4. The van der Waals surface area contributed by atoms with E-state index < -0.39 is 0 Å². The molecule has 1 N–H and O–H groups in total. The molecule has 35 heavy (non-hydrogen) atoms. The Balaban J connectivity index is 1.25. The number of halogens is 1. The van der Waals surface area contributed by atoms with E-state index in [2.05, 4.69) is 22.3 Å². The predicted octanol–water partition coefficient (Wildman–Crippen LogP) is 5.85. The van der Waals surface area contributed by atoms with E-state index in [1.807, 2.05) is 36.1 Å². The summed E-state index contributed by atoms with van der Waals surface area (Å²) in [5.41, 5.74) is 2.92.